The van der Waals surface area contributed by atoms with Crippen LogP contribution in [0.25, 0.3) is 0 Å². The number of methoxy groups -OCH3 is 1. The van der Waals surface area contributed by atoms with Crippen LogP contribution < -0.4 is 0 Å². The Kier molecular flexibility index (Phi) is 4.16. The monoisotopic (exact) mass is 367 g/mol. The highest BCUT2D eigenvalue weighted by molar-refractivity contribution is 14.1. The van der Waals surface area contributed by atoms with E-state index >= 15 is 0 Å². The van der Waals surface area contributed by atoms with E-state index in [2.05, 4.69) is 0 Å². The van der Waals surface area contributed by atoms with Gasteiger partial charge in [0.25, 0.3) is 5.91 Å². The van der Waals surface area contributed by atoms with E-state index in [1.54, 1.807) is 29.7 Å². The molecule has 18 heavy (non-hydrogen) atoms. The maximum atomic E-state index is 13.6. The number of carbonyl (C=O) groups excluding carboxylic acids is 1. The molecule has 0 bridgehead atoms. The van der Waals surface area contributed by atoms with E-state index in [1.165, 1.54) is 11.0 Å². The summed E-state index contributed by atoms with van der Waals surface area (Å²) < 4.78 is 32.1. The summed E-state index contributed by atoms with van der Waals surface area (Å²) >= 11 is 1.74. The fourth-order valence-corrected chi connectivity index (χ4v) is 2.43. The molecule has 1 aliphatic rings. The third-order valence-electron chi connectivity index (χ3n) is 3.01. The molecule has 0 radical (unpaired) electrons. The first kappa shape index (κ1) is 13.7. The molecule has 0 spiro atoms. The molecule has 2 rings (SSSR count). The van der Waals surface area contributed by atoms with Crippen LogP contribution in [0.3, 0.4) is 0 Å². The van der Waals surface area contributed by atoms with Gasteiger partial charge in [0, 0.05) is 29.8 Å². The molecule has 98 valence electrons. The average Bonchev–Trinajstić information content (AvgIpc) is 2.81. The van der Waals surface area contributed by atoms with Crippen molar-refractivity contribution in [3.63, 3.8) is 0 Å². The number of benzene rings is 1. The molecular weight excluding hydrogens is 355 g/mol. The van der Waals surface area contributed by atoms with E-state index in [0.29, 0.717) is 13.1 Å². The van der Waals surface area contributed by atoms with Gasteiger partial charge >= 0.3 is 0 Å². The van der Waals surface area contributed by atoms with Crippen molar-refractivity contribution in [1.82, 2.24) is 4.90 Å². The van der Waals surface area contributed by atoms with E-state index in [0.717, 1.165) is 12.5 Å². The lowest BCUT2D eigenvalue weighted by Crippen LogP contribution is -2.30. The molecule has 6 heteroatoms. The normalized spacial score (nSPS) is 19.3. The molecule has 0 N–H and O–H groups in total. The fraction of sp³-hybridized carbons (Fsp3) is 0.417. The number of amides is 1. The van der Waals surface area contributed by atoms with Crippen LogP contribution in [0.2, 0.25) is 0 Å². The van der Waals surface area contributed by atoms with Gasteiger partial charge in [-0.2, -0.15) is 0 Å². The second-order valence-corrected chi connectivity index (χ2v) is 5.31. The molecular formula is C12H12F2INO2. The lowest BCUT2D eigenvalue weighted by Gasteiger charge is -2.16. The molecule has 1 fully saturated rings. The smallest absolute Gasteiger partial charge is 0.256 e. The van der Waals surface area contributed by atoms with Crippen molar-refractivity contribution in [3.8, 4) is 0 Å². The minimum Gasteiger partial charge on any atom is -0.380 e. The third-order valence-corrected chi connectivity index (χ3v) is 3.83. The molecule has 1 aromatic carbocycles. The average molecular weight is 367 g/mol. The van der Waals surface area contributed by atoms with E-state index in [1.807, 2.05) is 0 Å². The maximum Gasteiger partial charge on any atom is 0.256 e. The number of ether oxygens (including phenoxy) is 1. The van der Waals surface area contributed by atoms with Gasteiger partial charge in [-0.05, 0) is 35.1 Å². The van der Waals surface area contributed by atoms with E-state index < -0.39 is 17.5 Å². The minimum absolute atomic E-state index is 0.00321. The van der Waals surface area contributed by atoms with Crippen molar-refractivity contribution in [2.24, 2.45) is 0 Å². The van der Waals surface area contributed by atoms with E-state index in [9.17, 15) is 13.6 Å². The summed E-state index contributed by atoms with van der Waals surface area (Å²) in [6.45, 7) is 0.980. The number of carbonyl (C=O) groups is 1. The Morgan fingerprint density at radius 2 is 2.17 bits per heavy atom. The third kappa shape index (κ3) is 2.64. The summed E-state index contributed by atoms with van der Waals surface area (Å²) in [5, 5.41) is 0. The van der Waals surface area contributed by atoms with Crippen molar-refractivity contribution in [2.75, 3.05) is 20.2 Å². The van der Waals surface area contributed by atoms with Gasteiger partial charge in [0.1, 0.15) is 11.6 Å². The summed E-state index contributed by atoms with van der Waals surface area (Å²) in [7, 11) is 1.58. The van der Waals surface area contributed by atoms with Crippen molar-refractivity contribution >= 4 is 28.5 Å². The maximum absolute atomic E-state index is 13.6. The zero-order valence-corrected chi connectivity index (χ0v) is 11.9. The predicted octanol–water partition coefficient (Wildman–Crippen LogP) is 2.43. The second kappa shape index (κ2) is 5.48. The molecule has 0 aromatic heterocycles. The van der Waals surface area contributed by atoms with Gasteiger partial charge in [0.15, 0.2) is 0 Å². The Morgan fingerprint density at radius 3 is 2.78 bits per heavy atom. The summed E-state index contributed by atoms with van der Waals surface area (Å²) in [4.78, 5) is 13.6. The number of likely N-dealkylation sites (tertiary alicyclic amines) is 1. The Labute approximate surface area is 117 Å². The van der Waals surface area contributed by atoms with Gasteiger partial charge in [0.05, 0.1) is 11.7 Å². The number of hydrogen-bond donors (Lipinski definition) is 0. The summed E-state index contributed by atoms with van der Waals surface area (Å²) in [6.07, 6.45) is 0.735. The molecule has 1 aliphatic heterocycles. The molecule has 1 amide bonds. The van der Waals surface area contributed by atoms with Crippen LogP contribution in [0, 0.1) is 15.2 Å². The zero-order chi connectivity index (χ0) is 13.3. The highest BCUT2D eigenvalue weighted by atomic mass is 127. The minimum atomic E-state index is -0.821. The van der Waals surface area contributed by atoms with Crippen molar-refractivity contribution in [2.45, 2.75) is 12.5 Å². The van der Waals surface area contributed by atoms with Crippen LogP contribution in [0.5, 0.6) is 0 Å². The molecule has 1 aromatic rings. The Morgan fingerprint density at radius 1 is 1.44 bits per heavy atom. The first-order chi connectivity index (χ1) is 8.52. The van der Waals surface area contributed by atoms with Gasteiger partial charge in [0.2, 0.25) is 0 Å². The van der Waals surface area contributed by atoms with Crippen molar-refractivity contribution in [1.29, 1.82) is 0 Å². The van der Waals surface area contributed by atoms with Gasteiger partial charge in [-0.1, -0.05) is 0 Å². The van der Waals surface area contributed by atoms with E-state index in [4.69, 9.17) is 4.74 Å². The largest absolute Gasteiger partial charge is 0.380 e. The van der Waals surface area contributed by atoms with Gasteiger partial charge in [-0.25, -0.2) is 8.78 Å². The lowest BCUT2D eigenvalue weighted by molar-refractivity contribution is 0.0720. The van der Waals surface area contributed by atoms with E-state index in [-0.39, 0.29) is 15.2 Å². The molecule has 0 aliphatic carbocycles. The predicted molar refractivity (Wildman–Crippen MR) is 70.4 cm³/mol. The van der Waals surface area contributed by atoms with Gasteiger partial charge in [-0.15, -0.1) is 0 Å². The Bertz CT molecular complexity index is 481. The molecule has 1 heterocycles. The number of nitrogens with zero attached hydrogens (tertiary/aromatic N) is 1. The quantitative estimate of drug-likeness (QED) is 0.594. The van der Waals surface area contributed by atoms with Gasteiger partial charge < -0.3 is 9.64 Å². The summed E-state index contributed by atoms with van der Waals surface area (Å²) in [6, 6.07) is 1.99. The molecule has 1 atom stereocenters. The first-order valence-corrected chi connectivity index (χ1v) is 6.57. The van der Waals surface area contributed by atoms with Crippen LogP contribution in [-0.2, 0) is 4.74 Å². The zero-order valence-electron chi connectivity index (χ0n) is 9.75. The van der Waals surface area contributed by atoms with Crippen LogP contribution >= 0.6 is 22.6 Å². The van der Waals surface area contributed by atoms with Crippen molar-refractivity contribution in [3.05, 3.63) is 32.9 Å². The van der Waals surface area contributed by atoms with Crippen LogP contribution in [0.15, 0.2) is 12.1 Å². The number of halogens is 3. The Balaban J connectivity index is 2.22. The topological polar surface area (TPSA) is 29.5 Å². The Hall–Kier alpha value is -0.760. The SMILES string of the molecule is COC1CCN(C(=O)c2cc(I)c(F)cc2F)C1. The summed E-state index contributed by atoms with van der Waals surface area (Å²) in [5.74, 6) is -1.88. The molecule has 3 nitrogen and oxygen atoms in total. The van der Waals surface area contributed by atoms with Crippen molar-refractivity contribution < 1.29 is 18.3 Å². The standard InChI is InChI=1S/C12H12F2INO2/c1-18-7-2-3-16(6-7)12(17)8-4-11(15)10(14)5-9(8)13/h4-5,7H,2-3,6H2,1H3. The molecule has 1 unspecified atom stereocenters. The number of hydrogen-bond acceptors (Lipinski definition) is 2. The highest BCUT2D eigenvalue weighted by Crippen LogP contribution is 2.21. The van der Waals surface area contributed by atoms with Crippen LogP contribution in [0.1, 0.15) is 16.8 Å². The lowest BCUT2D eigenvalue weighted by atomic mass is 10.2. The summed E-state index contributed by atoms with van der Waals surface area (Å²) in [5.41, 5.74) is -0.0856. The van der Waals surface area contributed by atoms with Crippen LogP contribution in [-0.4, -0.2) is 37.1 Å². The highest BCUT2D eigenvalue weighted by Gasteiger charge is 2.28. The number of rotatable bonds is 2. The molecule has 0 saturated carbocycles. The first-order valence-electron chi connectivity index (χ1n) is 5.49. The fourth-order valence-electron chi connectivity index (χ4n) is 1.96. The second-order valence-electron chi connectivity index (χ2n) is 4.14. The van der Waals surface area contributed by atoms with Gasteiger partial charge in [-0.3, -0.25) is 4.79 Å². The van der Waals surface area contributed by atoms with Crippen LogP contribution in [0.4, 0.5) is 8.78 Å². The molecule has 1 saturated heterocycles.